The van der Waals surface area contributed by atoms with Crippen LogP contribution in [0.1, 0.15) is 5.56 Å². The molecule has 0 aliphatic rings. The lowest BCUT2D eigenvalue weighted by Gasteiger charge is -2.09. The van der Waals surface area contributed by atoms with Crippen LogP contribution in [0.4, 0.5) is 20.2 Å². The number of nitro benzene ring substituents is 1. The van der Waals surface area contributed by atoms with Gasteiger partial charge in [0.15, 0.2) is 0 Å². The molecular formula is C9H9BrF2N2O2. The van der Waals surface area contributed by atoms with E-state index in [1.54, 1.807) is 6.92 Å². The van der Waals surface area contributed by atoms with Crippen LogP contribution in [0.15, 0.2) is 16.6 Å². The number of hydrogen-bond donors (Lipinski definition) is 1. The summed E-state index contributed by atoms with van der Waals surface area (Å²) < 4.78 is 24.3. The third-order valence-corrected chi connectivity index (χ3v) is 2.59. The first-order valence-electron chi connectivity index (χ1n) is 4.38. The summed E-state index contributed by atoms with van der Waals surface area (Å²) in [7, 11) is 0. The van der Waals surface area contributed by atoms with Gasteiger partial charge in [-0.25, -0.2) is 8.78 Å². The van der Waals surface area contributed by atoms with Gasteiger partial charge in [-0.1, -0.05) is 0 Å². The Bertz CT molecular complexity index is 413. The molecule has 0 unspecified atom stereocenters. The second kappa shape index (κ2) is 5.20. The van der Waals surface area contributed by atoms with Gasteiger partial charge in [0.2, 0.25) is 0 Å². The fourth-order valence-corrected chi connectivity index (χ4v) is 1.66. The summed E-state index contributed by atoms with van der Waals surface area (Å²) in [5.74, 6) is 0. The van der Waals surface area contributed by atoms with Gasteiger partial charge >= 0.3 is 0 Å². The molecule has 7 heteroatoms. The topological polar surface area (TPSA) is 55.2 Å². The highest BCUT2D eigenvalue weighted by Crippen LogP contribution is 2.30. The summed E-state index contributed by atoms with van der Waals surface area (Å²) in [5.41, 5.74) is 0.794. The van der Waals surface area contributed by atoms with Crippen LogP contribution in [-0.4, -0.2) is 17.9 Å². The standard InChI is InChI=1S/C9H9BrF2N2O2/c1-5-2-7(13-4-9(11)12)6(10)3-8(5)14(15)16/h2-3,9,13H,4H2,1H3. The zero-order valence-electron chi connectivity index (χ0n) is 8.34. The van der Waals surface area contributed by atoms with E-state index in [1.165, 1.54) is 12.1 Å². The number of aryl methyl sites for hydroxylation is 1. The smallest absolute Gasteiger partial charge is 0.273 e. The normalized spacial score (nSPS) is 10.6. The van der Waals surface area contributed by atoms with Crippen molar-refractivity contribution in [3.8, 4) is 0 Å². The second-order valence-electron chi connectivity index (χ2n) is 3.15. The van der Waals surface area contributed by atoms with Gasteiger partial charge in [0.25, 0.3) is 12.1 Å². The molecule has 0 amide bonds. The lowest BCUT2D eigenvalue weighted by molar-refractivity contribution is -0.385. The molecule has 1 aromatic rings. The molecule has 1 rings (SSSR count). The minimum atomic E-state index is -2.47. The van der Waals surface area contributed by atoms with E-state index in [0.717, 1.165) is 0 Å². The highest BCUT2D eigenvalue weighted by molar-refractivity contribution is 9.10. The summed E-state index contributed by atoms with van der Waals surface area (Å²) in [6, 6.07) is 2.76. The third kappa shape index (κ3) is 3.13. The molecule has 0 heterocycles. The Labute approximate surface area is 98.9 Å². The Balaban J connectivity index is 2.96. The van der Waals surface area contributed by atoms with E-state index in [4.69, 9.17) is 0 Å². The summed E-state index contributed by atoms with van der Waals surface area (Å²) in [6.45, 7) is 1.06. The molecule has 0 saturated heterocycles. The molecule has 0 atom stereocenters. The lowest BCUT2D eigenvalue weighted by atomic mass is 10.2. The third-order valence-electron chi connectivity index (χ3n) is 1.93. The Hall–Kier alpha value is -1.24. The molecule has 1 aromatic carbocycles. The second-order valence-corrected chi connectivity index (χ2v) is 4.00. The van der Waals surface area contributed by atoms with E-state index in [1.807, 2.05) is 0 Å². The van der Waals surface area contributed by atoms with Crippen molar-refractivity contribution in [2.24, 2.45) is 0 Å². The Morgan fingerprint density at radius 3 is 2.69 bits per heavy atom. The molecule has 0 aliphatic heterocycles. The van der Waals surface area contributed by atoms with E-state index in [2.05, 4.69) is 21.2 Å². The highest BCUT2D eigenvalue weighted by atomic mass is 79.9. The van der Waals surface area contributed by atoms with Gasteiger partial charge in [0.1, 0.15) is 0 Å². The molecule has 0 radical (unpaired) electrons. The van der Waals surface area contributed by atoms with Crippen molar-refractivity contribution in [2.45, 2.75) is 13.3 Å². The summed E-state index contributed by atoms with van der Waals surface area (Å²) >= 11 is 3.09. The number of benzene rings is 1. The quantitative estimate of drug-likeness (QED) is 0.684. The molecule has 0 fully saturated rings. The van der Waals surface area contributed by atoms with Crippen LogP contribution in [-0.2, 0) is 0 Å². The van der Waals surface area contributed by atoms with Crippen molar-refractivity contribution in [3.05, 3.63) is 32.3 Å². The van der Waals surface area contributed by atoms with Crippen LogP contribution >= 0.6 is 15.9 Å². The van der Waals surface area contributed by atoms with E-state index in [0.29, 0.717) is 15.7 Å². The summed E-state index contributed by atoms with van der Waals surface area (Å²) in [6.07, 6.45) is -2.47. The van der Waals surface area contributed by atoms with Crippen LogP contribution in [0, 0.1) is 17.0 Å². The number of hydrogen-bond acceptors (Lipinski definition) is 3. The summed E-state index contributed by atoms with van der Waals surface area (Å²) in [5, 5.41) is 13.1. The molecule has 88 valence electrons. The maximum absolute atomic E-state index is 12.0. The van der Waals surface area contributed by atoms with E-state index in [-0.39, 0.29) is 5.69 Å². The summed E-state index contributed by atoms with van der Waals surface area (Å²) in [4.78, 5) is 10.1. The molecule has 0 aliphatic carbocycles. The van der Waals surface area contributed by atoms with Gasteiger partial charge in [0, 0.05) is 21.8 Å². The average molecular weight is 295 g/mol. The maximum Gasteiger partial charge on any atom is 0.273 e. The van der Waals surface area contributed by atoms with Gasteiger partial charge in [-0.3, -0.25) is 10.1 Å². The Morgan fingerprint density at radius 1 is 1.56 bits per heavy atom. The zero-order chi connectivity index (χ0) is 12.3. The minimum Gasteiger partial charge on any atom is -0.378 e. The number of anilines is 1. The first-order chi connectivity index (χ1) is 7.41. The monoisotopic (exact) mass is 294 g/mol. The minimum absolute atomic E-state index is 0.0468. The van der Waals surface area contributed by atoms with Crippen LogP contribution in [0.25, 0.3) is 0 Å². The Morgan fingerprint density at radius 2 is 2.19 bits per heavy atom. The molecule has 16 heavy (non-hydrogen) atoms. The number of halogens is 3. The number of nitrogens with one attached hydrogen (secondary N) is 1. The van der Waals surface area contributed by atoms with Gasteiger partial charge in [-0.15, -0.1) is 0 Å². The number of rotatable bonds is 4. The van der Waals surface area contributed by atoms with E-state index in [9.17, 15) is 18.9 Å². The van der Waals surface area contributed by atoms with Crippen LogP contribution < -0.4 is 5.32 Å². The first kappa shape index (κ1) is 12.8. The molecule has 0 saturated carbocycles. The largest absolute Gasteiger partial charge is 0.378 e. The molecular weight excluding hydrogens is 286 g/mol. The van der Waals surface area contributed by atoms with Gasteiger partial charge in [-0.05, 0) is 28.9 Å². The van der Waals surface area contributed by atoms with Gasteiger partial charge in [-0.2, -0.15) is 0 Å². The number of nitrogens with zero attached hydrogens (tertiary/aromatic N) is 1. The first-order valence-corrected chi connectivity index (χ1v) is 5.17. The molecule has 0 bridgehead atoms. The fraction of sp³-hybridized carbons (Fsp3) is 0.333. The van der Waals surface area contributed by atoms with Gasteiger partial charge in [0.05, 0.1) is 11.5 Å². The molecule has 0 spiro atoms. The maximum atomic E-state index is 12.0. The predicted octanol–water partition coefficient (Wildman–Crippen LogP) is 3.34. The Kier molecular flexibility index (Phi) is 4.17. The van der Waals surface area contributed by atoms with Crippen LogP contribution in [0.2, 0.25) is 0 Å². The van der Waals surface area contributed by atoms with Crippen molar-refractivity contribution >= 4 is 27.3 Å². The van der Waals surface area contributed by atoms with Crippen molar-refractivity contribution < 1.29 is 13.7 Å². The van der Waals surface area contributed by atoms with E-state index >= 15 is 0 Å². The number of nitro groups is 1. The predicted molar refractivity (Wildman–Crippen MR) is 60.0 cm³/mol. The van der Waals surface area contributed by atoms with Crippen LogP contribution in [0.3, 0.4) is 0 Å². The van der Waals surface area contributed by atoms with Crippen LogP contribution in [0.5, 0.6) is 0 Å². The average Bonchev–Trinajstić information content (AvgIpc) is 2.18. The lowest BCUT2D eigenvalue weighted by Crippen LogP contribution is -2.10. The van der Waals surface area contributed by atoms with Gasteiger partial charge < -0.3 is 5.32 Å². The van der Waals surface area contributed by atoms with E-state index < -0.39 is 17.9 Å². The highest BCUT2D eigenvalue weighted by Gasteiger charge is 2.14. The van der Waals surface area contributed by atoms with Crippen molar-refractivity contribution in [1.29, 1.82) is 0 Å². The van der Waals surface area contributed by atoms with Crippen molar-refractivity contribution in [2.75, 3.05) is 11.9 Å². The zero-order valence-corrected chi connectivity index (χ0v) is 9.92. The SMILES string of the molecule is Cc1cc(NCC(F)F)c(Br)cc1[N+](=O)[O-]. The number of alkyl halides is 2. The fourth-order valence-electron chi connectivity index (χ4n) is 1.19. The molecule has 1 N–H and O–H groups in total. The van der Waals surface area contributed by atoms with Crippen molar-refractivity contribution in [3.63, 3.8) is 0 Å². The van der Waals surface area contributed by atoms with Crippen molar-refractivity contribution in [1.82, 2.24) is 0 Å². The molecule has 0 aromatic heterocycles. The molecule has 4 nitrogen and oxygen atoms in total.